The third kappa shape index (κ3) is 5.57. The molecule has 0 amide bonds. The second-order valence-electron chi connectivity index (χ2n) is 9.23. The van der Waals surface area contributed by atoms with Crippen molar-refractivity contribution in [3.63, 3.8) is 0 Å². The lowest BCUT2D eigenvalue weighted by Crippen LogP contribution is -2.10. The molecule has 0 bridgehead atoms. The van der Waals surface area contributed by atoms with Crippen molar-refractivity contribution in [2.45, 2.75) is 49.6 Å². The minimum Gasteiger partial charge on any atom is -0.494 e. The summed E-state index contributed by atoms with van der Waals surface area (Å²) in [5.41, 5.74) is 2.86. The number of anilines is 1. The summed E-state index contributed by atoms with van der Waals surface area (Å²) in [5.74, 6) is 0.955. The van der Waals surface area contributed by atoms with E-state index in [0.29, 0.717) is 24.5 Å². The number of ether oxygens (including phenoxy) is 1. The maximum atomic E-state index is 13.6. The number of hydrogen-bond donors (Lipinski definition) is 1. The van der Waals surface area contributed by atoms with E-state index in [1.165, 1.54) is 12.1 Å². The highest BCUT2D eigenvalue weighted by Gasteiger charge is 2.29. The van der Waals surface area contributed by atoms with Gasteiger partial charge in [-0.1, -0.05) is 63.2 Å². The van der Waals surface area contributed by atoms with Gasteiger partial charge in [0.2, 0.25) is 26.6 Å². The largest absolute Gasteiger partial charge is 0.494 e. The van der Waals surface area contributed by atoms with Crippen molar-refractivity contribution in [2.75, 3.05) is 11.9 Å². The van der Waals surface area contributed by atoms with Gasteiger partial charge in [-0.05, 0) is 59.9 Å². The number of rotatable bonds is 8. The molecule has 4 aromatic rings. The summed E-state index contributed by atoms with van der Waals surface area (Å²) in [5, 5.41) is 2.98. The van der Waals surface area contributed by atoms with E-state index in [1.807, 2.05) is 61.5 Å². The molecule has 182 valence electrons. The van der Waals surface area contributed by atoms with Gasteiger partial charge in [0.1, 0.15) is 5.75 Å². The fraction of sp³-hybridized carbons (Fsp3) is 0.250. The Kier molecular flexibility index (Phi) is 6.98. The van der Waals surface area contributed by atoms with Gasteiger partial charge in [-0.3, -0.25) is 0 Å². The van der Waals surface area contributed by atoms with Crippen molar-refractivity contribution in [3.05, 3.63) is 90.0 Å². The van der Waals surface area contributed by atoms with E-state index in [0.717, 1.165) is 11.1 Å². The summed E-state index contributed by atoms with van der Waals surface area (Å²) in [6, 6.07) is 23.8. The zero-order chi connectivity index (χ0) is 25.1. The lowest BCUT2D eigenvalue weighted by Gasteiger charge is -2.18. The molecule has 0 aliphatic rings. The van der Waals surface area contributed by atoms with Crippen LogP contribution in [0.4, 0.5) is 5.88 Å². The van der Waals surface area contributed by atoms with Crippen LogP contribution in [0.15, 0.2) is 93.2 Å². The van der Waals surface area contributed by atoms with Crippen LogP contribution < -0.4 is 10.1 Å². The van der Waals surface area contributed by atoms with Crippen LogP contribution in [-0.2, 0) is 21.8 Å². The summed E-state index contributed by atoms with van der Waals surface area (Å²) in [6.07, 6.45) is 0. The van der Waals surface area contributed by atoms with Gasteiger partial charge in [0, 0.05) is 12.1 Å². The lowest BCUT2D eigenvalue weighted by atomic mass is 9.87. The number of oxazole rings is 1. The molecule has 0 aliphatic carbocycles. The summed E-state index contributed by atoms with van der Waals surface area (Å²) < 4.78 is 38.6. The summed E-state index contributed by atoms with van der Waals surface area (Å²) in [6.45, 7) is 9.19. The van der Waals surface area contributed by atoms with Gasteiger partial charge in [-0.15, -0.1) is 0 Å². The van der Waals surface area contributed by atoms with Crippen molar-refractivity contribution in [2.24, 2.45) is 0 Å². The van der Waals surface area contributed by atoms with Crippen LogP contribution in [0.25, 0.3) is 11.5 Å². The van der Waals surface area contributed by atoms with E-state index in [9.17, 15) is 8.42 Å². The molecule has 0 atom stereocenters. The molecule has 0 spiro atoms. The number of nitrogens with one attached hydrogen (secondary N) is 1. The Bertz CT molecular complexity index is 1370. The molecule has 0 fully saturated rings. The highest BCUT2D eigenvalue weighted by Crippen LogP contribution is 2.34. The molecule has 1 heterocycles. The topological polar surface area (TPSA) is 81.4 Å². The Morgan fingerprint density at radius 2 is 1.57 bits per heavy atom. The quantitative estimate of drug-likeness (QED) is 0.304. The molecule has 7 heteroatoms. The molecule has 4 rings (SSSR count). The first-order valence-corrected chi connectivity index (χ1v) is 13.0. The van der Waals surface area contributed by atoms with E-state index < -0.39 is 9.84 Å². The van der Waals surface area contributed by atoms with Crippen LogP contribution in [0.2, 0.25) is 0 Å². The minimum atomic E-state index is -3.95. The van der Waals surface area contributed by atoms with Crippen molar-refractivity contribution in [1.82, 2.24) is 4.98 Å². The summed E-state index contributed by atoms with van der Waals surface area (Å²) >= 11 is 0. The van der Waals surface area contributed by atoms with Crippen LogP contribution >= 0.6 is 0 Å². The van der Waals surface area contributed by atoms with Crippen molar-refractivity contribution in [1.29, 1.82) is 0 Å². The third-order valence-electron chi connectivity index (χ3n) is 5.59. The fourth-order valence-electron chi connectivity index (χ4n) is 3.61. The Morgan fingerprint density at radius 1 is 0.914 bits per heavy atom. The van der Waals surface area contributed by atoms with E-state index in [-0.39, 0.29) is 27.1 Å². The van der Waals surface area contributed by atoms with Gasteiger partial charge in [-0.2, -0.15) is 4.98 Å². The van der Waals surface area contributed by atoms with Gasteiger partial charge in [0.15, 0.2) is 0 Å². The Labute approximate surface area is 206 Å². The van der Waals surface area contributed by atoms with Crippen LogP contribution in [0, 0.1) is 0 Å². The van der Waals surface area contributed by atoms with Gasteiger partial charge in [-0.25, -0.2) is 8.42 Å². The van der Waals surface area contributed by atoms with Gasteiger partial charge in [0.05, 0.1) is 11.5 Å². The highest BCUT2D eigenvalue weighted by atomic mass is 32.2. The molecule has 3 aromatic carbocycles. The second kappa shape index (κ2) is 9.96. The van der Waals surface area contributed by atoms with E-state index in [2.05, 4.69) is 31.1 Å². The van der Waals surface area contributed by atoms with E-state index in [4.69, 9.17) is 9.15 Å². The molecule has 0 saturated heterocycles. The van der Waals surface area contributed by atoms with Crippen LogP contribution in [-0.4, -0.2) is 20.0 Å². The number of hydrogen-bond acceptors (Lipinski definition) is 6. The molecule has 0 aliphatic heterocycles. The number of benzene rings is 3. The molecule has 1 aromatic heterocycles. The van der Waals surface area contributed by atoms with Gasteiger partial charge in [0.25, 0.3) is 0 Å². The molecule has 35 heavy (non-hydrogen) atoms. The molecular formula is C28H30N2O4S. The van der Waals surface area contributed by atoms with E-state index in [1.54, 1.807) is 12.1 Å². The second-order valence-corrected chi connectivity index (χ2v) is 11.1. The smallest absolute Gasteiger partial charge is 0.234 e. The first-order chi connectivity index (χ1) is 16.7. The highest BCUT2D eigenvalue weighted by molar-refractivity contribution is 7.91. The molecule has 0 saturated carbocycles. The molecule has 0 unspecified atom stereocenters. The van der Waals surface area contributed by atoms with Gasteiger partial charge >= 0.3 is 0 Å². The number of aromatic nitrogens is 1. The zero-order valence-corrected chi connectivity index (χ0v) is 21.2. The first-order valence-electron chi connectivity index (χ1n) is 11.6. The normalized spacial score (nSPS) is 11.9. The Hall–Kier alpha value is -3.58. The average molecular weight is 491 g/mol. The molecule has 0 radical (unpaired) electrons. The predicted octanol–water partition coefficient (Wildman–Crippen LogP) is 6.48. The third-order valence-corrected chi connectivity index (χ3v) is 7.27. The zero-order valence-electron chi connectivity index (χ0n) is 20.4. The summed E-state index contributed by atoms with van der Waals surface area (Å²) in [7, 11) is -3.95. The van der Waals surface area contributed by atoms with Crippen LogP contribution in [0.5, 0.6) is 5.75 Å². The maximum Gasteiger partial charge on any atom is 0.234 e. The molecule has 6 nitrogen and oxygen atoms in total. The van der Waals surface area contributed by atoms with Crippen LogP contribution in [0.1, 0.15) is 38.8 Å². The maximum absolute atomic E-state index is 13.6. The van der Waals surface area contributed by atoms with Crippen molar-refractivity contribution < 1.29 is 17.6 Å². The number of sulfone groups is 1. The standard InChI is InChI=1S/C28H30N2O4S/c1-5-33-23-15-17-24(18-16-23)35(31,32)27-26(29-19-20-9-7-6-8-10-20)34-25(30-27)21-11-13-22(14-12-21)28(2,3)4/h6-18,29H,5,19H2,1-4H3. The first kappa shape index (κ1) is 24.5. The predicted molar refractivity (Wildman–Crippen MR) is 137 cm³/mol. The minimum absolute atomic E-state index is 0.000323. The number of nitrogens with zero attached hydrogens (tertiary/aromatic N) is 1. The monoisotopic (exact) mass is 490 g/mol. The average Bonchev–Trinajstić information content (AvgIpc) is 3.29. The van der Waals surface area contributed by atoms with Crippen LogP contribution in [0.3, 0.4) is 0 Å². The van der Waals surface area contributed by atoms with E-state index >= 15 is 0 Å². The Balaban J connectivity index is 1.73. The molecule has 1 N–H and O–H groups in total. The SMILES string of the molecule is CCOc1ccc(S(=O)(=O)c2nc(-c3ccc(C(C)(C)C)cc3)oc2NCc2ccccc2)cc1. The molecular weight excluding hydrogens is 460 g/mol. The fourth-order valence-corrected chi connectivity index (χ4v) is 4.89. The van der Waals surface area contributed by atoms with Crippen molar-refractivity contribution in [3.8, 4) is 17.2 Å². The lowest BCUT2D eigenvalue weighted by molar-refractivity contribution is 0.340. The summed E-state index contributed by atoms with van der Waals surface area (Å²) in [4.78, 5) is 4.56. The van der Waals surface area contributed by atoms with Crippen molar-refractivity contribution >= 4 is 15.7 Å². The Morgan fingerprint density at radius 3 is 2.17 bits per heavy atom. The van der Waals surface area contributed by atoms with Gasteiger partial charge < -0.3 is 14.5 Å².